The van der Waals surface area contributed by atoms with Crippen molar-refractivity contribution in [2.45, 2.75) is 25.8 Å². The maximum atomic E-state index is 14.3. The van der Waals surface area contributed by atoms with E-state index in [9.17, 15) is 9.18 Å². The third-order valence-electron chi connectivity index (χ3n) is 4.24. The molecule has 3 aromatic rings. The van der Waals surface area contributed by atoms with Crippen molar-refractivity contribution < 1.29 is 9.18 Å². The van der Waals surface area contributed by atoms with Crippen molar-refractivity contribution in [3.05, 3.63) is 47.7 Å². The minimum Gasteiger partial charge on any atom is -0.396 e. The van der Waals surface area contributed by atoms with Crippen molar-refractivity contribution in [2.75, 3.05) is 5.73 Å². The van der Waals surface area contributed by atoms with Crippen molar-refractivity contribution in [1.29, 1.82) is 0 Å². The summed E-state index contributed by atoms with van der Waals surface area (Å²) in [4.78, 5) is 16.1. The average Bonchev–Trinajstić information content (AvgIpc) is 3.39. The number of nitrogens with one attached hydrogen (secondary N) is 1. The Morgan fingerprint density at radius 1 is 1.20 bits per heavy atom. The molecule has 0 radical (unpaired) electrons. The van der Waals surface area contributed by atoms with Crippen molar-refractivity contribution in [2.24, 2.45) is 0 Å². The largest absolute Gasteiger partial charge is 0.396 e. The molecule has 25 heavy (non-hydrogen) atoms. The van der Waals surface area contributed by atoms with E-state index in [4.69, 9.17) is 5.73 Å². The summed E-state index contributed by atoms with van der Waals surface area (Å²) in [5.74, 6) is -0.911. The van der Waals surface area contributed by atoms with E-state index < -0.39 is 5.95 Å². The van der Waals surface area contributed by atoms with E-state index in [0.717, 1.165) is 12.8 Å². The molecule has 126 valence electrons. The second-order valence-electron chi connectivity index (χ2n) is 6.20. The van der Waals surface area contributed by atoms with Crippen molar-refractivity contribution in [3.63, 3.8) is 0 Å². The number of rotatable bonds is 3. The summed E-state index contributed by atoms with van der Waals surface area (Å²) in [6.45, 7) is 1.72. The number of benzene rings is 1. The van der Waals surface area contributed by atoms with E-state index in [2.05, 4.69) is 20.5 Å². The first kappa shape index (κ1) is 15.4. The maximum Gasteiger partial charge on any atom is 0.274 e. The van der Waals surface area contributed by atoms with Gasteiger partial charge in [0.2, 0.25) is 5.95 Å². The maximum absolute atomic E-state index is 14.3. The van der Waals surface area contributed by atoms with Gasteiger partial charge in [-0.05, 0) is 31.9 Å². The van der Waals surface area contributed by atoms with Crippen LogP contribution < -0.4 is 11.1 Å². The van der Waals surface area contributed by atoms with Crippen LogP contribution in [0.2, 0.25) is 0 Å². The fourth-order valence-corrected chi connectivity index (χ4v) is 2.74. The van der Waals surface area contributed by atoms with Gasteiger partial charge in [-0.15, -0.1) is 10.2 Å². The molecule has 1 aliphatic carbocycles. The molecule has 1 fully saturated rings. The van der Waals surface area contributed by atoms with Gasteiger partial charge in [0.25, 0.3) is 5.91 Å². The average molecular weight is 337 g/mol. The van der Waals surface area contributed by atoms with Crippen LogP contribution in [0, 0.1) is 12.9 Å². The van der Waals surface area contributed by atoms with Gasteiger partial charge in [-0.2, -0.15) is 4.39 Å². The molecule has 2 heterocycles. The molecule has 0 aliphatic heterocycles. The number of hydrogen-bond acceptors (Lipinski definition) is 5. The minimum atomic E-state index is -0.580. The molecule has 0 saturated heterocycles. The summed E-state index contributed by atoms with van der Waals surface area (Å²) in [6.07, 6.45) is 1.94. The van der Waals surface area contributed by atoms with Crippen LogP contribution in [-0.4, -0.2) is 27.1 Å². The van der Waals surface area contributed by atoms with Crippen LogP contribution in [0.15, 0.2) is 30.3 Å². The lowest BCUT2D eigenvalue weighted by atomic mass is 10.0. The first-order valence-electron chi connectivity index (χ1n) is 8.04. The molecule has 2 aromatic heterocycles. The summed E-state index contributed by atoms with van der Waals surface area (Å²) in [7, 11) is 0. The second kappa shape index (κ2) is 5.77. The second-order valence-corrected chi connectivity index (χ2v) is 6.20. The molecule has 3 N–H and O–H groups in total. The molecule has 6 nitrogen and oxygen atoms in total. The van der Waals surface area contributed by atoms with E-state index in [-0.39, 0.29) is 23.3 Å². The number of nitrogen functional groups attached to an aromatic ring is 1. The molecule has 1 saturated carbocycles. The van der Waals surface area contributed by atoms with Gasteiger partial charge in [-0.1, -0.05) is 18.2 Å². The Kier molecular flexibility index (Phi) is 3.56. The standard InChI is InChI=1S/C18H16FN5O/c1-9-5-8-12(17(19)21-9)11-3-2-4-13-14(20)16(24-23-15(11)13)18(25)22-10-6-7-10/h2-5,8,10H,6-7H2,1H3,(H2,20,23)(H,22,25). The summed E-state index contributed by atoms with van der Waals surface area (Å²) in [6, 6.07) is 8.80. The zero-order valence-electron chi connectivity index (χ0n) is 13.6. The molecule has 0 bridgehead atoms. The highest BCUT2D eigenvalue weighted by Gasteiger charge is 2.26. The third-order valence-corrected chi connectivity index (χ3v) is 4.24. The monoisotopic (exact) mass is 337 g/mol. The smallest absolute Gasteiger partial charge is 0.274 e. The predicted octanol–water partition coefficient (Wildman–Crippen LogP) is 2.61. The summed E-state index contributed by atoms with van der Waals surface area (Å²) < 4.78 is 14.3. The SMILES string of the molecule is Cc1ccc(-c2cccc3c(N)c(C(=O)NC4CC4)nnc23)c(F)n1. The molecular formula is C18H16FN5O. The minimum absolute atomic E-state index is 0.0963. The molecule has 1 amide bonds. The zero-order chi connectivity index (χ0) is 17.6. The van der Waals surface area contributed by atoms with Crippen LogP contribution in [-0.2, 0) is 0 Å². The molecule has 0 unspecified atom stereocenters. The Hall–Kier alpha value is -3.09. The van der Waals surface area contributed by atoms with Gasteiger partial charge in [0, 0.05) is 28.2 Å². The first-order chi connectivity index (χ1) is 12.0. The molecule has 1 aliphatic rings. The Morgan fingerprint density at radius 2 is 2.00 bits per heavy atom. The fourth-order valence-electron chi connectivity index (χ4n) is 2.74. The number of carbonyl (C=O) groups is 1. The third kappa shape index (κ3) is 2.77. The van der Waals surface area contributed by atoms with Crippen molar-refractivity contribution in [1.82, 2.24) is 20.5 Å². The van der Waals surface area contributed by atoms with E-state index in [1.54, 1.807) is 37.3 Å². The van der Waals surface area contributed by atoms with E-state index in [1.807, 2.05) is 0 Å². The van der Waals surface area contributed by atoms with Crippen LogP contribution in [0.4, 0.5) is 10.1 Å². The Labute approximate surface area is 143 Å². The fraction of sp³-hybridized carbons (Fsp3) is 0.222. The molecule has 4 rings (SSSR count). The van der Waals surface area contributed by atoms with Gasteiger partial charge in [-0.25, -0.2) is 4.98 Å². The van der Waals surface area contributed by atoms with Gasteiger partial charge in [0.1, 0.15) is 5.52 Å². The number of carbonyl (C=O) groups excluding carboxylic acids is 1. The number of aryl methyl sites for hydroxylation is 1. The molecular weight excluding hydrogens is 321 g/mol. The van der Waals surface area contributed by atoms with Crippen LogP contribution in [0.5, 0.6) is 0 Å². The topological polar surface area (TPSA) is 93.8 Å². The number of fused-ring (bicyclic) bond motifs is 1. The van der Waals surface area contributed by atoms with Gasteiger partial charge >= 0.3 is 0 Å². The molecule has 0 atom stereocenters. The van der Waals surface area contributed by atoms with Gasteiger partial charge in [0.05, 0.1) is 5.69 Å². The van der Waals surface area contributed by atoms with E-state index in [1.165, 1.54) is 0 Å². The molecule has 1 aromatic carbocycles. The predicted molar refractivity (Wildman–Crippen MR) is 92.4 cm³/mol. The Morgan fingerprint density at radius 3 is 2.72 bits per heavy atom. The highest BCUT2D eigenvalue weighted by atomic mass is 19.1. The normalized spacial score (nSPS) is 13.8. The highest BCUT2D eigenvalue weighted by Crippen LogP contribution is 2.32. The van der Waals surface area contributed by atoms with E-state index in [0.29, 0.717) is 27.7 Å². The number of halogens is 1. The summed E-state index contributed by atoms with van der Waals surface area (Å²) in [5, 5.41) is 11.5. The zero-order valence-corrected chi connectivity index (χ0v) is 13.6. The van der Waals surface area contributed by atoms with Gasteiger partial charge in [0.15, 0.2) is 5.69 Å². The van der Waals surface area contributed by atoms with Crippen molar-refractivity contribution >= 4 is 22.5 Å². The quantitative estimate of drug-likeness (QED) is 0.717. The Balaban J connectivity index is 1.85. The lowest BCUT2D eigenvalue weighted by molar-refractivity contribution is 0.0946. The molecule has 7 heteroatoms. The first-order valence-corrected chi connectivity index (χ1v) is 8.04. The van der Waals surface area contributed by atoms with Gasteiger partial charge in [-0.3, -0.25) is 4.79 Å². The number of nitrogens with zero attached hydrogens (tertiary/aromatic N) is 3. The number of amides is 1. The lowest BCUT2D eigenvalue weighted by Gasteiger charge is -2.11. The number of aromatic nitrogens is 3. The van der Waals surface area contributed by atoms with Crippen molar-refractivity contribution in [3.8, 4) is 11.1 Å². The lowest BCUT2D eigenvalue weighted by Crippen LogP contribution is -2.27. The number of pyridine rings is 1. The highest BCUT2D eigenvalue weighted by molar-refractivity contribution is 6.07. The molecule has 0 spiro atoms. The Bertz CT molecular complexity index is 1000. The summed E-state index contributed by atoms with van der Waals surface area (Å²) >= 11 is 0. The number of nitrogens with two attached hydrogens (primary N) is 1. The van der Waals surface area contributed by atoms with Crippen LogP contribution in [0.1, 0.15) is 29.0 Å². The van der Waals surface area contributed by atoms with Crippen LogP contribution >= 0.6 is 0 Å². The van der Waals surface area contributed by atoms with E-state index >= 15 is 0 Å². The number of anilines is 1. The van der Waals surface area contributed by atoms with Crippen LogP contribution in [0.25, 0.3) is 22.0 Å². The number of hydrogen-bond donors (Lipinski definition) is 2. The van der Waals surface area contributed by atoms with Gasteiger partial charge < -0.3 is 11.1 Å². The van der Waals surface area contributed by atoms with Crippen LogP contribution in [0.3, 0.4) is 0 Å². The summed E-state index contributed by atoms with van der Waals surface area (Å²) in [5.41, 5.74) is 8.37.